The van der Waals surface area contributed by atoms with Crippen molar-refractivity contribution in [3.63, 3.8) is 0 Å². The van der Waals surface area contributed by atoms with Gasteiger partial charge in [-0.05, 0) is 37.7 Å². The van der Waals surface area contributed by atoms with E-state index in [2.05, 4.69) is 30.5 Å². The number of fused-ring (bicyclic) bond motifs is 3. The predicted octanol–water partition coefficient (Wildman–Crippen LogP) is 4.64. The predicted molar refractivity (Wildman–Crippen MR) is 102 cm³/mol. The van der Waals surface area contributed by atoms with E-state index in [1.165, 1.54) is 53.2 Å². The molecule has 5 heteroatoms. The van der Waals surface area contributed by atoms with Gasteiger partial charge in [0.25, 0.3) is 0 Å². The smallest absolute Gasteiger partial charge is 0.141 e. The number of aryl methyl sites for hydroxylation is 2. The summed E-state index contributed by atoms with van der Waals surface area (Å²) in [6.45, 7) is 6.74. The molecule has 4 rings (SSSR count). The molecule has 2 aromatic rings. The Bertz CT molecular complexity index is 704. The first-order valence-corrected chi connectivity index (χ1v) is 10.9. The van der Waals surface area contributed by atoms with Crippen LogP contribution >= 0.6 is 23.1 Å². The highest BCUT2D eigenvalue weighted by atomic mass is 32.2. The first kappa shape index (κ1) is 15.7. The molecule has 1 saturated heterocycles. The molecule has 23 heavy (non-hydrogen) atoms. The number of nitrogens with zero attached hydrogens (tertiary/aromatic N) is 3. The van der Waals surface area contributed by atoms with Crippen LogP contribution in [0.1, 0.15) is 55.3 Å². The van der Waals surface area contributed by atoms with Crippen molar-refractivity contribution in [1.82, 2.24) is 9.97 Å². The third-order valence-electron chi connectivity index (χ3n) is 5.18. The van der Waals surface area contributed by atoms with Crippen molar-refractivity contribution in [2.75, 3.05) is 29.5 Å². The van der Waals surface area contributed by atoms with Gasteiger partial charge in [-0.15, -0.1) is 11.3 Å². The van der Waals surface area contributed by atoms with Crippen LogP contribution in [0, 0.1) is 0 Å². The standard InChI is InChI=1S/C18H25N3S2/c1-3-12(2)16-19-17(21-8-10-22-11-9-21)15-13-6-4-5-7-14(13)23-18(15)20-16/h12H,3-11H2,1-2H3. The van der Waals surface area contributed by atoms with Crippen molar-refractivity contribution in [2.45, 2.75) is 51.9 Å². The molecular weight excluding hydrogens is 322 g/mol. The second-order valence-electron chi connectivity index (χ2n) is 6.71. The summed E-state index contributed by atoms with van der Waals surface area (Å²) in [5.41, 5.74) is 1.57. The second-order valence-corrected chi connectivity index (χ2v) is 9.01. The molecule has 0 N–H and O–H groups in total. The molecule has 0 aromatic carbocycles. The Morgan fingerprint density at radius 1 is 1.13 bits per heavy atom. The Morgan fingerprint density at radius 2 is 1.91 bits per heavy atom. The van der Waals surface area contributed by atoms with Crippen molar-refractivity contribution in [3.8, 4) is 0 Å². The zero-order chi connectivity index (χ0) is 15.8. The fourth-order valence-corrected chi connectivity index (χ4v) is 5.73. The molecule has 3 heterocycles. The van der Waals surface area contributed by atoms with Crippen molar-refractivity contribution >= 4 is 39.1 Å². The number of aromatic nitrogens is 2. The highest BCUT2D eigenvalue weighted by Gasteiger charge is 2.25. The molecule has 2 aromatic heterocycles. The van der Waals surface area contributed by atoms with Crippen molar-refractivity contribution in [2.24, 2.45) is 0 Å². The van der Waals surface area contributed by atoms with Gasteiger partial charge < -0.3 is 4.90 Å². The van der Waals surface area contributed by atoms with Crippen LogP contribution in [0.4, 0.5) is 5.82 Å². The van der Waals surface area contributed by atoms with E-state index in [-0.39, 0.29) is 0 Å². The van der Waals surface area contributed by atoms with Gasteiger partial charge in [0.15, 0.2) is 0 Å². The number of thioether (sulfide) groups is 1. The van der Waals surface area contributed by atoms with Gasteiger partial charge in [-0.1, -0.05) is 13.8 Å². The van der Waals surface area contributed by atoms with Gasteiger partial charge in [0, 0.05) is 35.4 Å². The summed E-state index contributed by atoms with van der Waals surface area (Å²) >= 11 is 4.00. The summed E-state index contributed by atoms with van der Waals surface area (Å²) in [6, 6.07) is 0. The van der Waals surface area contributed by atoms with Crippen LogP contribution in [0.25, 0.3) is 10.2 Å². The van der Waals surface area contributed by atoms with Crippen LogP contribution < -0.4 is 4.90 Å². The van der Waals surface area contributed by atoms with E-state index in [1.54, 1.807) is 10.4 Å². The largest absolute Gasteiger partial charge is 0.354 e. The summed E-state index contributed by atoms with van der Waals surface area (Å²) in [6.07, 6.45) is 6.22. The maximum atomic E-state index is 5.09. The van der Waals surface area contributed by atoms with Gasteiger partial charge in [-0.3, -0.25) is 0 Å². The molecule has 2 aliphatic rings. The minimum Gasteiger partial charge on any atom is -0.354 e. The van der Waals surface area contributed by atoms with Crippen LogP contribution in [0.2, 0.25) is 0 Å². The highest BCUT2D eigenvalue weighted by Crippen LogP contribution is 2.40. The summed E-state index contributed by atoms with van der Waals surface area (Å²) in [5.74, 6) is 5.17. The molecular formula is C18H25N3S2. The summed E-state index contributed by atoms with van der Waals surface area (Å²) in [7, 11) is 0. The van der Waals surface area contributed by atoms with Crippen LogP contribution in [-0.2, 0) is 12.8 Å². The Kier molecular flexibility index (Phi) is 4.50. The van der Waals surface area contributed by atoms with E-state index in [0.717, 1.165) is 25.3 Å². The van der Waals surface area contributed by atoms with Gasteiger partial charge in [0.1, 0.15) is 16.5 Å². The van der Waals surface area contributed by atoms with Crippen LogP contribution in [-0.4, -0.2) is 34.6 Å². The normalized spacial score (nSPS) is 19.8. The average molecular weight is 348 g/mol. The maximum Gasteiger partial charge on any atom is 0.141 e. The molecule has 0 saturated carbocycles. The van der Waals surface area contributed by atoms with Crippen LogP contribution in [0.3, 0.4) is 0 Å². The zero-order valence-corrected chi connectivity index (χ0v) is 15.7. The van der Waals surface area contributed by atoms with E-state index in [4.69, 9.17) is 9.97 Å². The highest BCUT2D eigenvalue weighted by molar-refractivity contribution is 7.99. The van der Waals surface area contributed by atoms with E-state index in [1.807, 2.05) is 11.3 Å². The van der Waals surface area contributed by atoms with Gasteiger partial charge in [-0.2, -0.15) is 11.8 Å². The third kappa shape index (κ3) is 2.86. The van der Waals surface area contributed by atoms with Crippen molar-refractivity contribution < 1.29 is 0 Å². The molecule has 0 spiro atoms. The molecule has 0 bridgehead atoms. The van der Waals surface area contributed by atoms with E-state index < -0.39 is 0 Å². The molecule has 1 aliphatic heterocycles. The second kappa shape index (κ2) is 6.60. The van der Waals surface area contributed by atoms with Gasteiger partial charge in [-0.25, -0.2) is 9.97 Å². The lowest BCUT2D eigenvalue weighted by molar-refractivity contribution is 0.678. The number of hydrogen-bond acceptors (Lipinski definition) is 5. The molecule has 1 fully saturated rings. The van der Waals surface area contributed by atoms with E-state index in [9.17, 15) is 0 Å². The fraction of sp³-hybridized carbons (Fsp3) is 0.667. The third-order valence-corrected chi connectivity index (χ3v) is 7.30. The van der Waals surface area contributed by atoms with Crippen molar-refractivity contribution in [1.29, 1.82) is 0 Å². The number of hydrogen-bond donors (Lipinski definition) is 0. The minimum absolute atomic E-state index is 0.441. The SMILES string of the molecule is CCC(C)c1nc(N2CCSCC2)c2c3c(sc2n1)CCCC3. The maximum absolute atomic E-state index is 5.09. The molecule has 0 radical (unpaired) electrons. The van der Waals surface area contributed by atoms with Crippen LogP contribution in [0.15, 0.2) is 0 Å². The monoisotopic (exact) mass is 347 g/mol. The molecule has 124 valence electrons. The number of anilines is 1. The lowest BCUT2D eigenvalue weighted by Crippen LogP contribution is -2.33. The first-order valence-electron chi connectivity index (χ1n) is 8.92. The quantitative estimate of drug-likeness (QED) is 0.809. The van der Waals surface area contributed by atoms with Gasteiger partial charge in [0.2, 0.25) is 0 Å². The average Bonchev–Trinajstić information content (AvgIpc) is 2.99. The lowest BCUT2D eigenvalue weighted by atomic mass is 9.96. The molecule has 3 nitrogen and oxygen atoms in total. The molecule has 0 amide bonds. The van der Waals surface area contributed by atoms with E-state index in [0.29, 0.717) is 5.92 Å². The minimum atomic E-state index is 0.441. The number of thiophene rings is 1. The molecule has 1 aliphatic carbocycles. The summed E-state index contributed by atoms with van der Waals surface area (Å²) < 4.78 is 0. The molecule has 1 atom stereocenters. The Morgan fingerprint density at radius 3 is 2.70 bits per heavy atom. The topological polar surface area (TPSA) is 29.0 Å². The van der Waals surface area contributed by atoms with E-state index >= 15 is 0 Å². The Labute approximate surface area is 146 Å². The first-order chi connectivity index (χ1) is 11.3. The van der Waals surface area contributed by atoms with Crippen LogP contribution in [0.5, 0.6) is 0 Å². The van der Waals surface area contributed by atoms with Gasteiger partial charge >= 0.3 is 0 Å². The molecule has 1 unspecified atom stereocenters. The van der Waals surface area contributed by atoms with Gasteiger partial charge in [0.05, 0.1) is 5.39 Å². The fourth-order valence-electron chi connectivity index (χ4n) is 3.56. The summed E-state index contributed by atoms with van der Waals surface area (Å²) in [5, 5.41) is 1.39. The number of rotatable bonds is 3. The Balaban J connectivity index is 1.89. The van der Waals surface area contributed by atoms with Crippen molar-refractivity contribution in [3.05, 3.63) is 16.3 Å². The Hall–Kier alpha value is -0.810. The zero-order valence-electron chi connectivity index (χ0n) is 14.1. The lowest BCUT2D eigenvalue weighted by Gasteiger charge is -2.29. The summed E-state index contributed by atoms with van der Waals surface area (Å²) in [4.78, 5) is 15.4.